The Morgan fingerprint density at radius 3 is 2.09 bits per heavy atom. The topological polar surface area (TPSA) is 125 Å². The summed E-state index contributed by atoms with van der Waals surface area (Å²) < 4.78 is 74.0. The summed E-state index contributed by atoms with van der Waals surface area (Å²) in [7, 11) is -3.51. The summed E-state index contributed by atoms with van der Waals surface area (Å²) in [6, 6.07) is 15.7. The first-order chi connectivity index (χ1) is 27.4. The lowest BCUT2D eigenvalue weighted by atomic mass is 9.49. The monoisotopic (exact) mass is 842 g/mol. The number of ether oxygens (including phenoxy) is 1. The van der Waals surface area contributed by atoms with Crippen LogP contribution in [0.4, 0.5) is 24.5 Å². The van der Waals surface area contributed by atoms with Gasteiger partial charge in [-0.1, -0.05) is 39.3 Å². The van der Waals surface area contributed by atoms with E-state index in [4.69, 9.17) is 16.3 Å². The summed E-state index contributed by atoms with van der Waals surface area (Å²) in [5.74, 6) is 0.443. The zero-order chi connectivity index (χ0) is 41.6. The summed E-state index contributed by atoms with van der Waals surface area (Å²) in [5, 5.41) is 12.3. The Balaban J connectivity index is 0.818. The number of hydrogen-bond acceptors (Lipinski definition) is 10. The molecule has 0 atom stereocenters. The average Bonchev–Trinajstić information content (AvgIpc) is 3.18. The number of halogens is 4. The van der Waals surface area contributed by atoms with Gasteiger partial charge in [-0.15, -0.1) is 0 Å². The lowest BCUT2D eigenvalue weighted by molar-refractivity contribution is -0.164. The Bertz CT molecular complexity index is 2110. The molecule has 58 heavy (non-hydrogen) atoms. The molecule has 0 spiro atoms. The first kappa shape index (κ1) is 42.0. The number of carbonyl (C=O) groups excluding carboxylic acids is 1. The number of nitrogens with one attached hydrogen (secondary N) is 1. The van der Waals surface area contributed by atoms with E-state index in [0.29, 0.717) is 53.8 Å². The van der Waals surface area contributed by atoms with E-state index >= 15 is 0 Å². The van der Waals surface area contributed by atoms with Crippen molar-refractivity contribution in [3.8, 4) is 11.8 Å². The minimum absolute atomic E-state index is 0.141. The molecule has 4 heterocycles. The van der Waals surface area contributed by atoms with E-state index in [1.54, 1.807) is 23.1 Å². The van der Waals surface area contributed by atoms with Crippen molar-refractivity contribution >= 4 is 38.9 Å². The van der Waals surface area contributed by atoms with Crippen LogP contribution in [0.2, 0.25) is 5.02 Å². The van der Waals surface area contributed by atoms with Gasteiger partial charge in [0, 0.05) is 119 Å². The van der Waals surface area contributed by atoms with Gasteiger partial charge in [0.25, 0.3) is 5.91 Å². The number of rotatable bonds is 11. The van der Waals surface area contributed by atoms with Crippen LogP contribution in [0.3, 0.4) is 0 Å². The highest BCUT2D eigenvalue weighted by atomic mass is 35.5. The van der Waals surface area contributed by atoms with Gasteiger partial charge < -0.3 is 19.9 Å². The molecule has 312 valence electrons. The minimum Gasteiger partial charge on any atom is -0.489 e. The first-order valence-corrected chi connectivity index (χ1v) is 21.5. The van der Waals surface area contributed by atoms with Crippen molar-refractivity contribution in [1.29, 1.82) is 5.26 Å². The summed E-state index contributed by atoms with van der Waals surface area (Å²) in [4.78, 5) is 25.8. The molecule has 1 saturated carbocycles. The fourth-order valence-corrected chi connectivity index (χ4v) is 11.3. The Morgan fingerprint density at radius 2 is 1.48 bits per heavy atom. The lowest BCUT2D eigenvalue weighted by Crippen LogP contribution is -2.74. The fraction of sp³-hybridized carbons (Fsp3) is 0.537. The van der Waals surface area contributed by atoms with Crippen LogP contribution < -0.4 is 19.9 Å². The van der Waals surface area contributed by atoms with Crippen LogP contribution in [-0.4, -0.2) is 129 Å². The number of piperazine rings is 2. The molecule has 3 aromatic rings. The predicted molar refractivity (Wildman–Crippen MR) is 217 cm³/mol. The number of aromatic nitrogens is 1. The van der Waals surface area contributed by atoms with Crippen LogP contribution in [0.1, 0.15) is 49.2 Å². The molecular formula is C41H50ClF3N8O4S. The molecule has 1 aromatic heterocycles. The fourth-order valence-electron chi connectivity index (χ4n) is 9.21. The third kappa shape index (κ3) is 8.47. The number of likely N-dealkylation sites (tertiary alicyclic amines) is 1. The van der Waals surface area contributed by atoms with Crippen molar-refractivity contribution in [3.63, 3.8) is 0 Å². The summed E-state index contributed by atoms with van der Waals surface area (Å²) in [6.45, 7) is 15.3. The predicted octanol–water partition coefficient (Wildman–Crippen LogP) is 5.20. The van der Waals surface area contributed by atoms with Crippen molar-refractivity contribution in [2.24, 2.45) is 10.8 Å². The second kappa shape index (κ2) is 16.1. The smallest absolute Gasteiger partial charge is 0.417 e. The number of sulfonamides is 1. The van der Waals surface area contributed by atoms with Gasteiger partial charge >= 0.3 is 6.18 Å². The highest BCUT2D eigenvalue weighted by Crippen LogP contribution is 2.55. The third-order valence-corrected chi connectivity index (χ3v) is 14.9. The largest absolute Gasteiger partial charge is 0.489 e. The Morgan fingerprint density at radius 1 is 0.879 bits per heavy atom. The Hall–Kier alpha value is -4.14. The van der Waals surface area contributed by atoms with Crippen LogP contribution in [0.15, 0.2) is 60.9 Å². The second-order valence-electron chi connectivity index (χ2n) is 16.9. The minimum atomic E-state index is -4.49. The molecule has 4 aliphatic rings. The van der Waals surface area contributed by atoms with E-state index in [0.717, 1.165) is 57.2 Å². The number of nitriles is 1. The van der Waals surface area contributed by atoms with Gasteiger partial charge in [0.1, 0.15) is 23.2 Å². The third-order valence-electron chi connectivity index (χ3n) is 12.4. The molecular weight excluding hydrogens is 793 g/mol. The highest BCUT2D eigenvalue weighted by Gasteiger charge is 2.64. The molecule has 0 bridgehead atoms. The summed E-state index contributed by atoms with van der Waals surface area (Å²) in [5.41, 5.74) is 0.812. The van der Waals surface area contributed by atoms with Crippen molar-refractivity contribution in [3.05, 3.63) is 82.6 Å². The number of alkyl halides is 3. The average molecular weight is 843 g/mol. The van der Waals surface area contributed by atoms with Crippen LogP contribution in [0.25, 0.3) is 0 Å². The van der Waals surface area contributed by atoms with Gasteiger partial charge in [-0.05, 0) is 42.5 Å². The molecule has 12 nitrogen and oxygen atoms in total. The molecule has 2 aromatic carbocycles. The van der Waals surface area contributed by atoms with E-state index in [2.05, 4.69) is 58.8 Å². The van der Waals surface area contributed by atoms with E-state index in [-0.39, 0.29) is 42.0 Å². The molecule has 17 heteroatoms. The van der Waals surface area contributed by atoms with Crippen LogP contribution in [-0.2, 0) is 16.2 Å². The van der Waals surface area contributed by atoms with Crippen LogP contribution >= 0.6 is 11.6 Å². The number of nitrogens with zero attached hydrogens (tertiary/aromatic N) is 7. The van der Waals surface area contributed by atoms with Crippen LogP contribution in [0.5, 0.6) is 5.75 Å². The molecule has 7 rings (SSSR count). The number of benzene rings is 2. The normalized spacial score (nSPS) is 23.1. The number of anilines is 2. The van der Waals surface area contributed by atoms with Gasteiger partial charge in [-0.25, -0.2) is 8.42 Å². The summed E-state index contributed by atoms with van der Waals surface area (Å²) >= 11 is 6.24. The molecule has 3 saturated heterocycles. The number of amides is 1. The maximum Gasteiger partial charge on any atom is 0.417 e. The Labute approximate surface area is 343 Å². The van der Waals surface area contributed by atoms with E-state index in [1.807, 2.05) is 24.3 Å². The SMILES string of the molecule is CC1(C)C(NC(=O)c2ccc(N3CCN(CCN4CC(S(=O)(=O)N5CCN(c6cncc(C(F)(F)F)c6)CC5)C4)CC3)cc2)C(C)(C)C1Oc1ccc(C#N)c(Cl)c1. The maximum absolute atomic E-state index is 13.4. The van der Waals surface area contributed by atoms with Crippen molar-refractivity contribution in [1.82, 2.24) is 24.4 Å². The van der Waals surface area contributed by atoms with Gasteiger partial charge in [0.2, 0.25) is 10.0 Å². The molecule has 1 N–H and O–H groups in total. The molecule has 0 unspecified atom stereocenters. The van der Waals surface area contributed by atoms with E-state index in [9.17, 15) is 31.6 Å². The van der Waals surface area contributed by atoms with Crippen molar-refractivity contribution < 1.29 is 31.1 Å². The number of pyridine rings is 1. The van der Waals surface area contributed by atoms with Crippen molar-refractivity contribution in [2.45, 2.75) is 51.3 Å². The van der Waals surface area contributed by atoms with Gasteiger partial charge in [-0.2, -0.15) is 22.7 Å². The molecule has 3 aliphatic heterocycles. The van der Waals surface area contributed by atoms with E-state index in [1.165, 1.54) is 10.5 Å². The van der Waals surface area contributed by atoms with Crippen LogP contribution in [0, 0.1) is 22.2 Å². The highest BCUT2D eigenvalue weighted by molar-refractivity contribution is 7.89. The maximum atomic E-state index is 13.4. The van der Waals surface area contributed by atoms with Gasteiger partial charge in [0.05, 0.1) is 28.0 Å². The molecule has 1 aliphatic carbocycles. The number of carbonyl (C=O) groups is 1. The standard InChI is InChI=1S/C41H50ClF3N8O4S/c1-39(2)37(40(3,4)38(39)57-33-10-7-29(23-46)35(42)22-33)48-36(54)28-5-8-31(9-6-28)51-15-13-49(14-16-51)11-12-50-26-34(27-50)58(55,56)53-19-17-52(18-20-53)32-21-30(24-47-25-32)41(43,44)45/h5-10,21-22,24-25,34,37-38H,11-20,26-27H2,1-4H3,(H,48,54). The quantitative estimate of drug-likeness (QED) is 0.276. The second-order valence-corrected chi connectivity index (χ2v) is 19.5. The number of hydrogen-bond donors (Lipinski definition) is 1. The molecule has 1 amide bonds. The lowest BCUT2D eigenvalue weighted by Gasteiger charge is -2.63. The van der Waals surface area contributed by atoms with Gasteiger partial charge in [0.15, 0.2) is 0 Å². The molecule has 0 radical (unpaired) electrons. The van der Waals surface area contributed by atoms with Crippen molar-refractivity contribution in [2.75, 3.05) is 88.3 Å². The summed E-state index contributed by atoms with van der Waals surface area (Å²) in [6.07, 6.45) is -2.51. The first-order valence-electron chi connectivity index (χ1n) is 19.6. The Kier molecular flexibility index (Phi) is 11.7. The zero-order valence-corrected chi connectivity index (χ0v) is 34.7. The molecule has 4 fully saturated rings. The van der Waals surface area contributed by atoms with E-state index < -0.39 is 27.0 Å². The zero-order valence-electron chi connectivity index (χ0n) is 33.2. The van der Waals surface area contributed by atoms with Gasteiger partial charge in [-0.3, -0.25) is 19.6 Å².